The number of anilines is 2. The summed E-state index contributed by atoms with van der Waals surface area (Å²) in [7, 11) is 0. The summed E-state index contributed by atoms with van der Waals surface area (Å²) in [5, 5.41) is 14.1. The monoisotopic (exact) mass is 396 g/mol. The molecular formula is C20H20N4O3S. The Bertz CT molecular complexity index is 962. The maximum absolute atomic E-state index is 12.3. The van der Waals surface area contributed by atoms with Crippen LogP contribution in [0.4, 0.5) is 11.5 Å². The molecule has 0 aliphatic rings. The molecule has 2 aromatic heterocycles. The highest BCUT2D eigenvalue weighted by atomic mass is 32.2. The van der Waals surface area contributed by atoms with E-state index in [2.05, 4.69) is 20.8 Å². The van der Waals surface area contributed by atoms with E-state index in [4.69, 9.17) is 4.42 Å². The molecule has 3 rings (SSSR count). The average molecular weight is 396 g/mol. The van der Waals surface area contributed by atoms with Crippen LogP contribution in [0.2, 0.25) is 0 Å². The first-order valence-corrected chi connectivity index (χ1v) is 9.60. The molecule has 0 aliphatic carbocycles. The third-order valence-electron chi connectivity index (χ3n) is 3.92. The number of hydrogen-bond donors (Lipinski definition) is 2. The van der Waals surface area contributed by atoms with E-state index in [-0.39, 0.29) is 17.4 Å². The van der Waals surface area contributed by atoms with Crippen LogP contribution in [0.15, 0.2) is 52.1 Å². The van der Waals surface area contributed by atoms with Crippen molar-refractivity contribution in [2.75, 3.05) is 16.4 Å². The SMILES string of the molecule is Cc1cc(C)c(NC(=O)CSc2ccc(NC(=O)c3ccco3)nn2)c(C)c1. The van der Waals surface area contributed by atoms with Crippen LogP contribution in [0, 0.1) is 20.8 Å². The maximum Gasteiger partial charge on any atom is 0.292 e. The summed E-state index contributed by atoms with van der Waals surface area (Å²) in [5.74, 6) is 0.194. The lowest BCUT2D eigenvalue weighted by molar-refractivity contribution is -0.113. The Labute approximate surface area is 166 Å². The van der Waals surface area contributed by atoms with Crippen LogP contribution in [0.5, 0.6) is 0 Å². The predicted molar refractivity (Wildman–Crippen MR) is 109 cm³/mol. The molecule has 0 bridgehead atoms. The molecule has 1 aromatic carbocycles. The van der Waals surface area contributed by atoms with E-state index in [1.54, 1.807) is 24.3 Å². The van der Waals surface area contributed by atoms with Crippen LogP contribution in [-0.2, 0) is 4.79 Å². The number of nitrogens with one attached hydrogen (secondary N) is 2. The van der Waals surface area contributed by atoms with E-state index in [9.17, 15) is 9.59 Å². The summed E-state index contributed by atoms with van der Waals surface area (Å²) in [6.45, 7) is 5.98. The van der Waals surface area contributed by atoms with Crippen molar-refractivity contribution in [1.82, 2.24) is 10.2 Å². The molecule has 0 radical (unpaired) electrons. The van der Waals surface area contributed by atoms with Crippen LogP contribution in [0.1, 0.15) is 27.2 Å². The lowest BCUT2D eigenvalue weighted by atomic mass is 10.1. The Morgan fingerprint density at radius 1 is 1.04 bits per heavy atom. The van der Waals surface area contributed by atoms with Crippen LogP contribution < -0.4 is 10.6 Å². The number of nitrogens with zero attached hydrogens (tertiary/aromatic N) is 2. The molecule has 144 valence electrons. The zero-order valence-corrected chi connectivity index (χ0v) is 16.6. The second kappa shape index (κ2) is 8.71. The second-order valence-corrected chi connectivity index (χ2v) is 7.29. The number of benzene rings is 1. The smallest absolute Gasteiger partial charge is 0.292 e. The Kier molecular flexibility index (Phi) is 6.10. The van der Waals surface area contributed by atoms with Crippen molar-refractivity contribution in [3.05, 3.63) is 65.1 Å². The third kappa shape index (κ3) is 4.98. The summed E-state index contributed by atoms with van der Waals surface area (Å²) in [6, 6.07) is 10.6. The number of carbonyl (C=O) groups is 2. The first-order chi connectivity index (χ1) is 13.4. The number of carbonyl (C=O) groups excluding carboxylic acids is 2. The Hall–Kier alpha value is -3.13. The van der Waals surface area contributed by atoms with E-state index < -0.39 is 5.91 Å². The van der Waals surface area contributed by atoms with Crippen molar-refractivity contribution in [1.29, 1.82) is 0 Å². The summed E-state index contributed by atoms with van der Waals surface area (Å²) >= 11 is 1.27. The number of aryl methyl sites for hydroxylation is 3. The topological polar surface area (TPSA) is 97.1 Å². The Morgan fingerprint density at radius 3 is 2.39 bits per heavy atom. The van der Waals surface area contributed by atoms with Crippen molar-refractivity contribution in [2.24, 2.45) is 0 Å². The number of thioether (sulfide) groups is 1. The minimum absolute atomic E-state index is 0.114. The van der Waals surface area contributed by atoms with Gasteiger partial charge in [0.15, 0.2) is 11.6 Å². The van der Waals surface area contributed by atoms with Gasteiger partial charge in [-0.05, 0) is 56.2 Å². The van der Waals surface area contributed by atoms with Crippen LogP contribution in [0.3, 0.4) is 0 Å². The van der Waals surface area contributed by atoms with Gasteiger partial charge in [-0.15, -0.1) is 10.2 Å². The van der Waals surface area contributed by atoms with Gasteiger partial charge in [0.05, 0.1) is 12.0 Å². The molecule has 8 heteroatoms. The average Bonchev–Trinajstić information content (AvgIpc) is 3.19. The van der Waals surface area contributed by atoms with E-state index in [1.807, 2.05) is 32.9 Å². The molecule has 0 spiro atoms. The molecule has 2 heterocycles. The predicted octanol–water partition coefficient (Wildman–Crippen LogP) is 3.98. The van der Waals surface area contributed by atoms with Crippen LogP contribution >= 0.6 is 11.8 Å². The fourth-order valence-corrected chi connectivity index (χ4v) is 3.36. The first-order valence-electron chi connectivity index (χ1n) is 8.61. The molecule has 0 atom stereocenters. The van der Waals surface area contributed by atoms with Gasteiger partial charge in [-0.25, -0.2) is 0 Å². The Balaban J connectivity index is 1.53. The van der Waals surface area contributed by atoms with Crippen molar-refractivity contribution >= 4 is 35.1 Å². The third-order valence-corrected chi connectivity index (χ3v) is 4.84. The lowest BCUT2D eigenvalue weighted by Gasteiger charge is -2.12. The fourth-order valence-electron chi connectivity index (χ4n) is 2.74. The van der Waals surface area contributed by atoms with E-state index >= 15 is 0 Å². The molecule has 0 unspecified atom stereocenters. The van der Waals surface area contributed by atoms with E-state index in [0.29, 0.717) is 10.8 Å². The van der Waals surface area contributed by atoms with Gasteiger partial charge >= 0.3 is 0 Å². The van der Waals surface area contributed by atoms with Crippen molar-refractivity contribution in [3.8, 4) is 0 Å². The molecule has 0 aliphatic heterocycles. The van der Waals surface area contributed by atoms with E-state index in [1.165, 1.54) is 18.0 Å². The van der Waals surface area contributed by atoms with Gasteiger partial charge in [0.1, 0.15) is 5.03 Å². The van der Waals surface area contributed by atoms with Gasteiger partial charge in [0.25, 0.3) is 5.91 Å². The quantitative estimate of drug-likeness (QED) is 0.612. The number of furan rings is 1. The van der Waals surface area contributed by atoms with Crippen molar-refractivity contribution in [2.45, 2.75) is 25.8 Å². The Morgan fingerprint density at radius 2 is 1.79 bits per heavy atom. The fraction of sp³-hybridized carbons (Fsp3) is 0.200. The molecule has 2 N–H and O–H groups in total. The van der Waals surface area contributed by atoms with Crippen LogP contribution in [-0.4, -0.2) is 27.8 Å². The zero-order chi connectivity index (χ0) is 20.1. The highest BCUT2D eigenvalue weighted by Gasteiger charge is 2.11. The normalized spacial score (nSPS) is 10.5. The number of rotatable bonds is 6. The minimum atomic E-state index is -0.400. The van der Waals surface area contributed by atoms with E-state index in [0.717, 1.165) is 22.4 Å². The molecular weight excluding hydrogens is 376 g/mol. The molecule has 0 saturated heterocycles. The number of hydrogen-bond acceptors (Lipinski definition) is 6. The highest BCUT2D eigenvalue weighted by molar-refractivity contribution is 7.99. The minimum Gasteiger partial charge on any atom is -0.459 e. The summed E-state index contributed by atoms with van der Waals surface area (Å²) < 4.78 is 5.02. The molecule has 0 fully saturated rings. The lowest BCUT2D eigenvalue weighted by Crippen LogP contribution is -2.16. The van der Waals surface area contributed by atoms with Gasteiger partial charge in [-0.3, -0.25) is 9.59 Å². The zero-order valence-electron chi connectivity index (χ0n) is 15.8. The largest absolute Gasteiger partial charge is 0.459 e. The number of amides is 2. The maximum atomic E-state index is 12.3. The van der Waals surface area contributed by atoms with Crippen LogP contribution in [0.25, 0.3) is 0 Å². The highest BCUT2D eigenvalue weighted by Crippen LogP contribution is 2.23. The van der Waals surface area contributed by atoms with Crippen molar-refractivity contribution in [3.63, 3.8) is 0 Å². The second-order valence-electron chi connectivity index (χ2n) is 6.30. The van der Waals surface area contributed by atoms with Gasteiger partial charge in [0.2, 0.25) is 5.91 Å². The molecule has 0 saturated carbocycles. The summed E-state index contributed by atoms with van der Waals surface area (Å²) in [5.41, 5.74) is 4.08. The molecule has 7 nitrogen and oxygen atoms in total. The van der Waals surface area contributed by atoms with Gasteiger partial charge in [-0.1, -0.05) is 29.5 Å². The molecule has 3 aromatic rings. The standard InChI is InChI=1S/C20H20N4O3S/c1-12-9-13(2)19(14(3)10-12)22-17(25)11-28-18-7-6-16(23-24-18)21-20(26)15-5-4-8-27-15/h4-10H,11H2,1-3H3,(H,22,25)(H,21,23,26). The van der Waals surface area contributed by atoms with Gasteiger partial charge in [-0.2, -0.15) is 0 Å². The summed E-state index contributed by atoms with van der Waals surface area (Å²) in [6.07, 6.45) is 1.42. The first kappa shape index (κ1) is 19.6. The molecule has 28 heavy (non-hydrogen) atoms. The molecule has 2 amide bonds. The van der Waals surface area contributed by atoms with Gasteiger partial charge in [0, 0.05) is 5.69 Å². The van der Waals surface area contributed by atoms with Gasteiger partial charge < -0.3 is 15.1 Å². The summed E-state index contributed by atoms with van der Waals surface area (Å²) in [4.78, 5) is 24.2. The van der Waals surface area contributed by atoms with Crippen molar-refractivity contribution < 1.29 is 14.0 Å². The number of aromatic nitrogens is 2.